The lowest BCUT2D eigenvalue weighted by molar-refractivity contribution is -0.384. The van der Waals surface area contributed by atoms with Crippen molar-refractivity contribution < 1.29 is 24.2 Å². The first-order valence-corrected chi connectivity index (χ1v) is 9.38. The Morgan fingerprint density at radius 2 is 1.56 bits per heavy atom. The molecule has 32 heavy (non-hydrogen) atoms. The summed E-state index contributed by atoms with van der Waals surface area (Å²) >= 11 is 0. The summed E-state index contributed by atoms with van der Waals surface area (Å²) in [5.74, 6) is -1.90. The van der Waals surface area contributed by atoms with Crippen LogP contribution in [0, 0.1) is 20.2 Å². The molecule has 0 fully saturated rings. The molecule has 3 aromatic carbocycles. The molecule has 0 bridgehead atoms. The largest absolute Gasteiger partial charge is 0.326 e. The van der Waals surface area contributed by atoms with E-state index in [0.29, 0.717) is 10.8 Å². The lowest BCUT2D eigenvalue weighted by Gasteiger charge is -2.26. The number of hydrogen-bond donors (Lipinski definition) is 1. The van der Waals surface area contributed by atoms with E-state index in [1.165, 1.54) is 36.4 Å². The fourth-order valence-electron chi connectivity index (χ4n) is 3.58. The molecule has 1 N–H and O–H groups in total. The first-order chi connectivity index (χ1) is 15.3. The molecule has 11 heteroatoms. The van der Waals surface area contributed by atoms with Gasteiger partial charge in [0.25, 0.3) is 23.2 Å². The van der Waals surface area contributed by atoms with E-state index in [9.17, 15) is 34.6 Å². The highest BCUT2D eigenvalue weighted by atomic mass is 16.6. The minimum Gasteiger partial charge on any atom is -0.326 e. The third kappa shape index (κ3) is 3.62. The summed E-state index contributed by atoms with van der Waals surface area (Å²) in [5.41, 5.74) is -0.0491. The average molecular weight is 434 g/mol. The van der Waals surface area contributed by atoms with Gasteiger partial charge < -0.3 is 5.32 Å². The number of nitrogens with zero attached hydrogens (tertiary/aromatic N) is 3. The van der Waals surface area contributed by atoms with Gasteiger partial charge in [0.05, 0.1) is 15.4 Å². The van der Waals surface area contributed by atoms with Gasteiger partial charge in [0.15, 0.2) is 0 Å². The molecule has 0 radical (unpaired) electrons. The van der Waals surface area contributed by atoms with Crippen molar-refractivity contribution in [1.29, 1.82) is 0 Å². The maximum absolute atomic E-state index is 13.0. The molecular formula is C21H14N4O7. The zero-order valence-corrected chi connectivity index (χ0v) is 16.3. The van der Waals surface area contributed by atoms with E-state index in [1.807, 2.05) is 0 Å². The number of imide groups is 1. The Balaban J connectivity index is 1.56. The number of nitro groups is 2. The van der Waals surface area contributed by atoms with Crippen LogP contribution < -0.4 is 5.32 Å². The van der Waals surface area contributed by atoms with Crippen molar-refractivity contribution in [3.63, 3.8) is 0 Å². The number of non-ortho nitro benzene ring substituents is 2. The Labute approximate surface area is 179 Å². The molecular weight excluding hydrogens is 420 g/mol. The van der Waals surface area contributed by atoms with Crippen molar-refractivity contribution in [2.45, 2.75) is 6.42 Å². The minimum absolute atomic E-state index is 0.0171. The fraction of sp³-hybridized carbons (Fsp3) is 0.0952. The quantitative estimate of drug-likeness (QED) is 0.355. The van der Waals surface area contributed by atoms with Crippen molar-refractivity contribution in [3.05, 3.63) is 86.0 Å². The van der Waals surface area contributed by atoms with E-state index < -0.39 is 27.6 Å². The van der Waals surface area contributed by atoms with Gasteiger partial charge in [-0.15, -0.1) is 0 Å². The summed E-state index contributed by atoms with van der Waals surface area (Å²) in [7, 11) is 0. The zero-order chi connectivity index (χ0) is 23.0. The minimum atomic E-state index is -0.731. The molecule has 3 amide bonds. The smallest absolute Gasteiger partial charge is 0.271 e. The molecule has 0 aromatic heterocycles. The molecule has 160 valence electrons. The summed E-state index contributed by atoms with van der Waals surface area (Å²) in [6.07, 6.45) is -0.263. The molecule has 4 rings (SSSR count). The van der Waals surface area contributed by atoms with Gasteiger partial charge >= 0.3 is 0 Å². The Morgan fingerprint density at radius 1 is 0.875 bits per heavy atom. The monoisotopic (exact) mass is 434 g/mol. The Bertz CT molecular complexity index is 1330. The third-order valence-corrected chi connectivity index (χ3v) is 5.03. The first kappa shape index (κ1) is 20.6. The number of hydrogen-bond acceptors (Lipinski definition) is 7. The third-order valence-electron chi connectivity index (χ3n) is 5.03. The second-order valence-electron chi connectivity index (χ2n) is 7.02. The van der Waals surface area contributed by atoms with Gasteiger partial charge in [-0.25, -0.2) is 0 Å². The summed E-state index contributed by atoms with van der Waals surface area (Å²) < 4.78 is 0. The number of carbonyl (C=O) groups excluding carboxylic acids is 3. The predicted octanol–water partition coefficient (Wildman–Crippen LogP) is 3.28. The molecule has 1 aliphatic rings. The number of nitro benzene ring substituents is 2. The highest BCUT2D eigenvalue weighted by Crippen LogP contribution is 2.33. The van der Waals surface area contributed by atoms with Gasteiger partial charge in [0.1, 0.15) is 0 Å². The molecule has 0 spiro atoms. The van der Waals surface area contributed by atoms with Crippen LogP contribution in [0.25, 0.3) is 10.8 Å². The highest BCUT2D eigenvalue weighted by Gasteiger charge is 2.34. The lowest BCUT2D eigenvalue weighted by atomic mass is 9.93. The van der Waals surface area contributed by atoms with Crippen molar-refractivity contribution in [3.8, 4) is 0 Å². The van der Waals surface area contributed by atoms with Crippen LogP contribution in [0.2, 0.25) is 0 Å². The number of rotatable bonds is 6. The SMILES string of the molecule is O=C(CCN1C(=O)c2cccc3cc([N+](=O)[O-])cc(c23)C1=O)Nc1cccc([N+](=O)[O-])c1. The van der Waals surface area contributed by atoms with Gasteiger partial charge in [0.2, 0.25) is 5.91 Å². The first-order valence-electron chi connectivity index (χ1n) is 9.38. The summed E-state index contributed by atoms with van der Waals surface area (Å²) in [4.78, 5) is 59.9. The van der Waals surface area contributed by atoms with E-state index in [2.05, 4.69) is 5.32 Å². The van der Waals surface area contributed by atoms with Crippen LogP contribution in [0.15, 0.2) is 54.6 Å². The Hall–Kier alpha value is -4.67. The van der Waals surface area contributed by atoms with Crippen molar-refractivity contribution in [1.82, 2.24) is 4.90 Å². The predicted molar refractivity (Wildman–Crippen MR) is 112 cm³/mol. The van der Waals surface area contributed by atoms with Gasteiger partial charge in [-0.3, -0.25) is 39.5 Å². The molecule has 0 atom stereocenters. The molecule has 1 heterocycles. The maximum atomic E-state index is 13.0. The Morgan fingerprint density at radius 3 is 2.28 bits per heavy atom. The summed E-state index contributed by atoms with van der Waals surface area (Å²) in [5, 5.41) is 25.3. The number of carbonyl (C=O) groups is 3. The van der Waals surface area contributed by atoms with E-state index >= 15 is 0 Å². The van der Waals surface area contributed by atoms with Gasteiger partial charge in [-0.2, -0.15) is 0 Å². The van der Waals surface area contributed by atoms with Gasteiger partial charge in [0, 0.05) is 53.9 Å². The van der Waals surface area contributed by atoms with Crippen LogP contribution in [0.3, 0.4) is 0 Å². The summed E-state index contributed by atoms with van der Waals surface area (Å²) in [6, 6.07) is 12.4. The molecule has 0 saturated carbocycles. The normalized spacial score (nSPS) is 12.7. The van der Waals surface area contributed by atoms with Crippen LogP contribution in [0.5, 0.6) is 0 Å². The van der Waals surface area contributed by atoms with E-state index in [-0.39, 0.29) is 41.2 Å². The van der Waals surface area contributed by atoms with Crippen LogP contribution in [0.4, 0.5) is 17.1 Å². The number of benzene rings is 3. The molecule has 0 aliphatic carbocycles. The molecule has 0 saturated heterocycles. The highest BCUT2D eigenvalue weighted by molar-refractivity contribution is 6.25. The Kier molecular flexibility index (Phi) is 5.07. The van der Waals surface area contributed by atoms with Crippen molar-refractivity contribution in [2.24, 2.45) is 0 Å². The number of nitrogens with one attached hydrogen (secondary N) is 1. The molecule has 0 unspecified atom stereocenters. The van der Waals surface area contributed by atoms with E-state index in [0.717, 1.165) is 11.0 Å². The number of amides is 3. The van der Waals surface area contributed by atoms with Crippen molar-refractivity contribution >= 4 is 45.6 Å². The molecule has 11 nitrogen and oxygen atoms in total. The second kappa shape index (κ2) is 7.87. The van der Waals surface area contributed by atoms with Gasteiger partial charge in [-0.05, 0) is 17.5 Å². The fourth-order valence-corrected chi connectivity index (χ4v) is 3.58. The van der Waals surface area contributed by atoms with Crippen LogP contribution >= 0.6 is 0 Å². The molecule has 3 aromatic rings. The van der Waals surface area contributed by atoms with Crippen LogP contribution in [-0.2, 0) is 4.79 Å². The van der Waals surface area contributed by atoms with E-state index in [4.69, 9.17) is 0 Å². The van der Waals surface area contributed by atoms with Crippen molar-refractivity contribution in [2.75, 3.05) is 11.9 Å². The van der Waals surface area contributed by atoms with E-state index in [1.54, 1.807) is 12.1 Å². The standard InChI is InChI=1S/C21H14N4O7/c26-18(22-13-4-2-5-14(10-13)24(29)30)7-8-23-20(27)16-6-1-3-12-9-15(25(31)32)11-17(19(12)16)21(23)28/h1-6,9-11H,7-8H2,(H,22,26). The van der Waals surface area contributed by atoms with Crippen LogP contribution in [-0.4, -0.2) is 39.0 Å². The van der Waals surface area contributed by atoms with Crippen LogP contribution in [0.1, 0.15) is 27.1 Å². The molecule has 1 aliphatic heterocycles. The summed E-state index contributed by atoms with van der Waals surface area (Å²) in [6.45, 7) is -0.267. The average Bonchev–Trinajstić information content (AvgIpc) is 2.77. The van der Waals surface area contributed by atoms with Gasteiger partial charge in [-0.1, -0.05) is 18.2 Å². The maximum Gasteiger partial charge on any atom is 0.271 e. The zero-order valence-electron chi connectivity index (χ0n) is 16.3. The second-order valence-corrected chi connectivity index (χ2v) is 7.02. The number of anilines is 1. The lowest BCUT2D eigenvalue weighted by Crippen LogP contribution is -2.41. The topological polar surface area (TPSA) is 153 Å².